The molecule has 0 aliphatic carbocycles. The second-order valence-electron chi connectivity index (χ2n) is 4.21. The molecule has 0 bridgehead atoms. The van der Waals surface area contributed by atoms with Gasteiger partial charge in [-0.1, -0.05) is 23.9 Å². The van der Waals surface area contributed by atoms with Crippen LogP contribution in [0.5, 0.6) is 5.75 Å². The zero-order chi connectivity index (χ0) is 13.9. The van der Waals surface area contributed by atoms with Gasteiger partial charge in [0.2, 0.25) is 0 Å². The van der Waals surface area contributed by atoms with Crippen LogP contribution in [0.4, 0.5) is 0 Å². The number of carbonyl (C=O) groups excluding carboxylic acids is 1. The van der Waals surface area contributed by atoms with Crippen LogP contribution in [0.1, 0.15) is 10.4 Å². The number of nitrogens with zero attached hydrogens (tertiary/aromatic N) is 1. The van der Waals surface area contributed by atoms with Crippen LogP contribution in [0.15, 0.2) is 52.9 Å². The van der Waals surface area contributed by atoms with Crippen molar-refractivity contribution in [3.63, 3.8) is 0 Å². The molecule has 0 aliphatic rings. The van der Waals surface area contributed by atoms with Gasteiger partial charge in [0.25, 0.3) is 0 Å². The van der Waals surface area contributed by atoms with Gasteiger partial charge in [-0.2, -0.15) is 0 Å². The van der Waals surface area contributed by atoms with Gasteiger partial charge in [0.1, 0.15) is 5.75 Å². The van der Waals surface area contributed by atoms with E-state index in [-0.39, 0.29) is 11.5 Å². The minimum atomic E-state index is 0.0363. The van der Waals surface area contributed by atoms with Gasteiger partial charge in [-0.15, -0.1) is 11.3 Å². The normalized spacial score (nSPS) is 10.8. The van der Waals surface area contributed by atoms with Crippen molar-refractivity contribution in [2.24, 2.45) is 0 Å². The number of benzene rings is 2. The second kappa shape index (κ2) is 5.64. The van der Waals surface area contributed by atoms with E-state index in [2.05, 4.69) is 4.98 Å². The number of hydrogen-bond acceptors (Lipinski definition) is 5. The van der Waals surface area contributed by atoms with Crippen molar-refractivity contribution < 1.29 is 9.90 Å². The van der Waals surface area contributed by atoms with Crippen LogP contribution < -0.4 is 0 Å². The molecule has 0 saturated carbocycles. The molecule has 1 N–H and O–H groups in total. The van der Waals surface area contributed by atoms with Crippen LogP contribution in [0, 0.1) is 0 Å². The highest BCUT2D eigenvalue weighted by molar-refractivity contribution is 8.01. The summed E-state index contributed by atoms with van der Waals surface area (Å²) in [6.45, 7) is 0. The summed E-state index contributed by atoms with van der Waals surface area (Å²) in [5.74, 6) is 0.555. The number of para-hydroxylation sites is 1. The van der Waals surface area contributed by atoms with Gasteiger partial charge in [-0.25, -0.2) is 4.98 Å². The number of thiazole rings is 1. The first-order valence-electron chi connectivity index (χ1n) is 6.03. The lowest BCUT2D eigenvalue weighted by molar-refractivity contribution is 0.102. The summed E-state index contributed by atoms with van der Waals surface area (Å²) in [7, 11) is 0. The molecule has 3 nitrogen and oxygen atoms in total. The topological polar surface area (TPSA) is 50.2 Å². The Kier molecular flexibility index (Phi) is 3.71. The molecule has 0 amide bonds. The Balaban J connectivity index is 1.69. The van der Waals surface area contributed by atoms with Crippen LogP contribution in [0.2, 0.25) is 0 Å². The molecular weight excluding hydrogens is 290 g/mol. The zero-order valence-corrected chi connectivity index (χ0v) is 12.1. The monoisotopic (exact) mass is 301 g/mol. The average Bonchev–Trinajstić information content (AvgIpc) is 2.88. The van der Waals surface area contributed by atoms with Crippen molar-refractivity contribution in [1.29, 1.82) is 0 Å². The molecule has 1 aromatic heterocycles. The zero-order valence-electron chi connectivity index (χ0n) is 10.4. The van der Waals surface area contributed by atoms with Crippen molar-refractivity contribution in [3.05, 3.63) is 54.1 Å². The Morgan fingerprint density at radius 2 is 1.90 bits per heavy atom. The number of carbonyl (C=O) groups is 1. The molecule has 5 heteroatoms. The van der Waals surface area contributed by atoms with Gasteiger partial charge in [0.05, 0.1) is 16.0 Å². The Labute approximate surface area is 124 Å². The first-order chi connectivity index (χ1) is 9.72. The number of Topliss-reactive ketones (excluding diaryl/α,β-unsaturated/α-hetero) is 1. The molecule has 0 saturated heterocycles. The number of phenolic OH excluding ortho intramolecular Hbond substituents is 1. The second-order valence-corrected chi connectivity index (χ2v) is 6.46. The number of phenols is 1. The molecule has 3 rings (SSSR count). The Bertz CT molecular complexity index is 717. The molecule has 0 fully saturated rings. The van der Waals surface area contributed by atoms with E-state index in [0.717, 1.165) is 14.6 Å². The molecular formula is C15H11NO2S2. The van der Waals surface area contributed by atoms with Crippen molar-refractivity contribution in [3.8, 4) is 5.75 Å². The fraction of sp³-hybridized carbons (Fsp3) is 0.0667. The van der Waals surface area contributed by atoms with E-state index in [4.69, 9.17) is 0 Å². The first-order valence-corrected chi connectivity index (χ1v) is 7.83. The highest BCUT2D eigenvalue weighted by atomic mass is 32.2. The summed E-state index contributed by atoms with van der Waals surface area (Å²) < 4.78 is 2.03. The van der Waals surface area contributed by atoms with E-state index in [0.29, 0.717) is 11.3 Å². The van der Waals surface area contributed by atoms with Crippen LogP contribution in [0.3, 0.4) is 0 Å². The molecule has 0 atom stereocenters. The molecule has 3 aromatic rings. The number of aromatic nitrogens is 1. The lowest BCUT2D eigenvalue weighted by Crippen LogP contribution is -2.01. The van der Waals surface area contributed by atoms with E-state index >= 15 is 0 Å². The molecule has 0 spiro atoms. The van der Waals surface area contributed by atoms with Crippen molar-refractivity contribution in [1.82, 2.24) is 4.98 Å². The summed E-state index contributed by atoms with van der Waals surface area (Å²) in [6, 6.07) is 14.3. The number of fused-ring (bicyclic) bond motifs is 1. The van der Waals surface area contributed by atoms with Gasteiger partial charge in [-0.05, 0) is 36.4 Å². The number of ketones is 1. The standard InChI is InChI=1S/C15H11NO2S2/c17-11-7-5-10(6-8-11)13(18)9-19-15-16-12-3-1-2-4-14(12)20-15/h1-8,17H,9H2. The van der Waals surface area contributed by atoms with Crippen molar-refractivity contribution >= 4 is 39.1 Å². The molecule has 2 aromatic carbocycles. The fourth-order valence-electron chi connectivity index (χ4n) is 1.77. The third kappa shape index (κ3) is 2.84. The third-order valence-electron chi connectivity index (χ3n) is 2.79. The van der Waals surface area contributed by atoms with E-state index in [1.165, 1.54) is 23.9 Å². The third-order valence-corrected chi connectivity index (χ3v) is 4.97. The van der Waals surface area contributed by atoms with Gasteiger partial charge < -0.3 is 5.11 Å². The summed E-state index contributed by atoms with van der Waals surface area (Å²) >= 11 is 3.05. The van der Waals surface area contributed by atoms with Crippen LogP contribution >= 0.6 is 23.1 Å². The average molecular weight is 301 g/mol. The maximum absolute atomic E-state index is 12.0. The molecule has 0 radical (unpaired) electrons. The largest absolute Gasteiger partial charge is 0.508 e. The number of thioether (sulfide) groups is 1. The van der Waals surface area contributed by atoms with Gasteiger partial charge in [0.15, 0.2) is 10.1 Å². The smallest absolute Gasteiger partial charge is 0.173 e. The molecule has 1 heterocycles. The quantitative estimate of drug-likeness (QED) is 0.585. The predicted molar refractivity (Wildman–Crippen MR) is 82.8 cm³/mol. The Morgan fingerprint density at radius 3 is 2.65 bits per heavy atom. The van der Waals surface area contributed by atoms with E-state index in [1.54, 1.807) is 23.5 Å². The highest BCUT2D eigenvalue weighted by Gasteiger charge is 2.09. The maximum Gasteiger partial charge on any atom is 0.173 e. The lowest BCUT2D eigenvalue weighted by Gasteiger charge is -1.99. The van der Waals surface area contributed by atoms with E-state index in [1.807, 2.05) is 24.3 Å². The number of aromatic hydroxyl groups is 1. The van der Waals surface area contributed by atoms with Crippen molar-refractivity contribution in [2.75, 3.05) is 5.75 Å². The van der Waals surface area contributed by atoms with Crippen LogP contribution in [0.25, 0.3) is 10.2 Å². The van der Waals surface area contributed by atoms with E-state index < -0.39 is 0 Å². The maximum atomic E-state index is 12.0. The highest BCUT2D eigenvalue weighted by Crippen LogP contribution is 2.29. The Morgan fingerprint density at radius 1 is 1.15 bits per heavy atom. The first kappa shape index (κ1) is 13.1. The molecule has 0 aliphatic heterocycles. The SMILES string of the molecule is O=C(CSc1nc2ccccc2s1)c1ccc(O)cc1. The van der Waals surface area contributed by atoms with Gasteiger partial charge in [0, 0.05) is 5.56 Å². The van der Waals surface area contributed by atoms with Gasteiger partial charge in [-0.3, -0.25) is 4.79 Å². The molecule has 0 unspecified atom stereocenters. The lowest BCUT2D eigenvalue weighted by atomic mass is 10.1. The summed E-state index contributed by atoms with van der Waals surface area (Å²) in [5.41, 5.74) is 1.58. The molecule has 20 heavy (non-hydrogen) atoms. The van der Waals surface area contributed by atoms with Gasteiger partial charge >= 0.3 is 0 Å². The van der Waals surface area contributed by atoms with Crippen molar-refractivity contribution in [2.45, 2.75) is 4.34 Å². The summed E-state index contributed by atoms with van der Waals surface area (Å²) in [6.07, 6.45) is 0. The summed E-state index contributed by atoms with van der Waals surface area (Å²) in [5, 5.41) is 9.20. The number of hydrogen-bond donors (Lipinski definition) is 1. The summed E-state index contributed by atoms with van der Waals surface area (Å²) in [4.78, 5) is 16.5. The minimum Gasteiger partial charge on any atom is -0.508 e. The van der Waals surface area contributed by atoms with Crippen LogP contribution in [-0.2, 0) is 0 Å². The fourth-order valence-corrected chi connectivity index (χ4v) is 3.73. The predicted octanol–water partition coefficient (Wildman–Crippen LogP) is 3.98. The molecule has 100 valence electrons. The minimum absolute atomic E-state index is 0.0363. The van der Waals surface area contributed by atoms with Crippen LogP contribution in [-0.4, -0.2) is 21.6 Å². The number of rotatable bonds is 4. The Hall–Kier alpha value is -1.85. The van der Waals surface area contributed by atoms with E-state index in [9.17, 15) is 9.90 Å².